The summed E-state index contributed by atoms with van der Waals surface area (Å²) in [6, 6.07) is 3.75. The summed E-state index contributed by atoms with van der Waals surface area (Å²) in [6.07, 6.45) is -1.88. The highest BCUT2D eigenvalue weighted by molar-refractivity contribution is 5.26. The largest absolute Gasteiger partial charge is 0.473 e. The van der Waals surface area contributed by atoms with Gasteiger partial charge in [0.25, 0.3) is 0 Å². The minimum atomic E-state index is -4.56. The van der Waals surface area contributed by atoms with Crippen molar-refractivity contribution in [1.82, 2.24) is 9.97 Å². The minimum Gasteiger partial charge on any atom is -0.473 e. The Labute approximate surface area is 105 Å². The molecule has 19 heavy (non-hydrogen) atoms. The summed E-state index contributed by atoms with van der Waals surface area (Å²) in [7, 11) is 0. The fraction of sp³-hybridized carbons (Fsp3) is 0.167. The first kappa shape index (κ1) is 13.3. The van der Waals surface area contributed by atoms with E-state index < -0.39 is 17.6 Å². The lowest BCUT2D eigenvalue weighted by Crippen LogP contribution is -2.07. The molecular weight excluding hydrogens is 264 g/mol. The highest BCUT2D eigenvalue weighted by atomic mass is 19.4. The highest BCUT2D eigenvalue weighted by Crippen LogP contribution is 2.30. The van der Waals surface area contributed by atoms with Crippen LogP contribution in [0.25, 0.3) is 0 Å². The van der Waals surface area contributed by atoms with E-state index >= 15 is 0 Å². The van der Waals surface area contributed by atoms with E-state index in [-0.39, 0.29) is 18.1 Å². The fourth-order valence-corrected chi connectivity index (χ4v) is 1.36. The Bertz CT molecular complexity index is 557. The molecule has 0 aliphatic carbocycles. The molecule has 0 unspecified atom stereocenters. The van der Waals surface area contributed by atoms with Gasteiger partial charge in [0.05, 0.1) is 5.56 Å². The Hall–Kier alpha value is -2.18. The quantitative estimate of drug-likeness (QED) is 0.805. The van der Waals surface area contributed by atoms with Crippen molar-refractivity contribution in [2.24, 2.45) is 0 Å². The van der Waals surface area contributed by atoms with Gasteiger partial charge in [0.1, 0.15) is 18.8 Å². The second kappa shape index (κ2) is 5.21. The topological polar surface area (TPSA) is 35.0 Å². The standard InChI is InChI=1S/C12H8F4N2O/c13-10-5-9(12(14,15)16)2-1-8(10)6-19-11-3-4-17-7-18-11/h1-5,7H,6H2. The van der Waals surface area contributed by atoms with Gasteiger partial charge in [-0.15, -0.1) is 0 Å². The van der Waals surface area contributed by atoms with Crippen molar-refractivity contribution in [2.75, 3.05) is 0 Å². The second-order valence-electron chi connectivity index (χ2n) is 3.64. The summed E-state index contributed by atoms with van der Waals surface area (Å²) in [5, 5.41) is 0. The molecule has 1 heterocycles. The number of rotatable bonds is 3. The number of hydrogen-bond acceptors (Lipinski definition) is 3. The first-order valence-corrected chi connectivity index (χ1v) is 5.21. The molecule has 0 saturated heterocycles. The molecule has 0 aliphatic heterocycles. The maximum atomic E-state index is 13.5. The van der Waals surface area contributed by atoms with Gasteiger partial charge < -0.3 is 4.74 Å². The lowest BCUT2D eigenvalue weighted by molar-refractivity contribution is -0.137. The molecule has 0 amide bonds. The third-order valence-corrected chi connectivity index (χ3v) is 2.31. The van der Waals surface area contributed by atoms with E-state index in [1.54, 1.807) is 0 Å². The molecule has 0 saturated carbocycles. The van der Waals surface area contributed by atoms with Crippen LogP contribution in [-0.2, 0) is 12.8 Å². The van der Waals surface area contributed by atoms with E-state index in [1.165, 1.54) is 18.6 Å². The predicted molar refractivity (Wildman–Crippen MR) is 57.8 cm³/mol. The maximum absolute atomic E-state index is 13.5. The molecule has 2 rings (SSSR count). The molecule has 2 aromatic rings. The van der Waals surface area contributed by atoms with Gasteiger partial charge in [-0.1, -0.05) is 6.07 Å². The van der Waals surface area contributed by atoms with Crippen LogP contribution in [0.4, 0.5) is 17.6 Å². The molecule has 1 aromatic heterocycles. The van der Waals surface area contributed by atoms with E-state index in [0.29, 0.717) is 6.07 Å². The van der Waals surface area contributed by atoms with Gasteiger partial charge in [-0.25, -0.2) is 14.4 Å². The minimum absolute atomic E-state index is 0.0200. The number of hydrogen-bond donors (Lipinski definition) is 0. The van der Waals surface area contributed by atoms with Gasteiger partial charge in [-0.3, -0.25) is 0 Å². The van der Waals surface area contributed by atoms with Crippen molar-refractivity contribution in [3.63, 3.8) is 0 Å². The highest BCUT2D eigenvalue weighted by Gasteiger charge is 2.31. The Balaban J connectivity index is 2.10. The first-order chi connectivity index (χ1) is 8.97. The van der Waals surface area contributed by atoms with E-state index in [9.17, 15) is 17.6 Å². The van der Waals surface area contributed by atoms with Crippen LogP contribution in [0.2, 0.25) is 0 Å². The molecule has 0 bridgehead atoms. The molecule has 100 valence electrons. The van der Waals surface area contributed by atoms with Crippen LogP contribution in [-0.4, -0.2) is 9.97 Å². The van der Waals surface area contributed by atoms with Crippen LogP contribution >= 0.6 is 0 Å². The summed E-state index contributed by atoms with van der Waals surface area (Å²) in [6.45, 7) is -0.207. The molecule has 0 radical (unpaired) electrons. The van der Waals surface area contributed by atoms with E-state index in [0.717, 1.165) is 12.1 Å². The molecule has 0 fully saturated rings. The van der Waals surface area contributed by atoms with Crippen molar-refractivity contribution in [1.29, 1.82) is 0 Å². The van der Waals surface area contributed by atoms with Crippen LogP contribution in [0, 0.1) is 5.82 Å². The number of aromatic nitrogens is 2. The normalized spacial score (nSPS) is 11.4. The van der Waals surface area contributed by atoms with Gasteiger partial charge >= 0.3 is 6.18 Å². The molecule has 7 heteroatoms. The molecule has 1 aromatic carbocycles. The third-order valence-electron chi connectivity index (χ3n) is 2.31. The van der Waals surface area contributed by atoms with Crippen LogP contribution in [0.1, 0.15) is 11.1 Å². The number of ether oxygens (including phenoxy) is 1. The summed E-state index contributed by atoms with van der Waals surface area (Å²) in [5.41, 5.74) is -1.01. The summed E-state index contributed by atoms with van der Waals surface area (Å²) in [4.78, 5) is 7.41. The zero-order valence-electron chi connectivity index (χ0n) is 9.49. The average molecular weight is 272 g/mol. The van der Waals surface area contributed by atoms with Crippen LogP contribution < -0.4 is 4.74 Å². The third kappa shape index (κ3) is 3.40. The Morgan fingerprint density at radius 1 is 1.16 bits per heavy atom. The van der Waals surface area contributed by atoms with Crippen LogP contribution in [0.15, 0.2) is 36.8 Å². The Morgan fingerprint density at radius 3 is 2.53 bits per heavy atom. The molecule has 0 spiro atoms. The zero-order valence-corrected chi connectivity index (χ0v) is 9.49. The predicted octanol–water partition coefficient (Wildman–Crippen LogP) is 3.21. The summed E-state index contributed by atoms with van der Waals surface area (Å²) >= 11 is 0. The van der Waals surface area contributed by atoms with Gasteiger partial charge in [0.15, 0.2) is 0 Å². The number of halogens is 4. The number of benzene rings is 1. The molecule has 0 aliphatic rings. The number of nitrogens with zero attached hydrogens (tertiary/aromatic N) is 2. The maximum Gasteiger partial charge on any atom is 0.416 e. The smallest absolute Gasteiger partial charge is 0.416 e. The molecule has 0 atom stereocenters. The van der Waals surface area contributed by atoms with Crippen molar-refractivity contribution in [2.45, 2.75) is 12.8 Å². The van der Waals surface area contributed by atoms with E-state index in [2.05, 4.69) is 9.97 Å². The number of alkyl halides is 3. The Kier molecular flexibility index (Phi) is 3.64. The van der Waals surface area contributed by atoms with Crippen molar-refractivity contribution in [3.05, 3.63) is 53.7 Å². The van der Waals surface area contributed by atoms with Crippen molar-refractivity contribution in [3.8, 4) is 5.88 Å². The average Bonchev–Trinajstić information content (AvgIpc) is 2.37. The van der Waals surface area contributed by atoms with Gasteiger partial charge in [0.2, 0.25) is 5.88 Å². The van der Waals surface area contributed by atoms with Crippen LogP contribution in [0.5, 0.6) is 5.88 Å². The SMILES string of the molecule is Fc1cc(C(F)(F)F)ccc1COc1ccncn1. The van der Waals surface area contributed by atoms with E-state index in [1.807, 2.05) is 0 Å². The first-order valence-electron chi connectivity index (χ1n) is 5.21. The van der Waals surface area contributed by atoms with Gasteiger partial charge in [-0.2, -0.15) is 13.2 Å². The molecule has 0 N–H and O–H groups in total. The summed E-state index contributed by atoms with van der Waals surface area (Å²) < 4.78 is 55.6. The Morgan fingerprint density at radius 2 is 1.95 bits per heavy atom. The fourth-order valence-electron chi connectivity index (χ4n) is 1.36. The summed E-state index contributed by atoms with van der Waals surface area (Å²) in [5.74, 6) is -0.752. The molecular formula is C12H8F4N2O. The monoisotopic (exact) mass is 272 g/mol. The van der Waals surface area contributed by atoms with Crippen LogP contribution in [0.3, 0.4) is 0 Å². The zero-order chi connectivity index (χ0) is 13.9. The second-order valence-corrected chi connectivity index (χ2v) is 3.64. The van der Waals surface area contributed by atoms with Crippen molar-refractivity contribution >= 4 is 0 Å². The van der Waals surface area contributed by atoms with Gasteiger partial charge in [-0.05, 0) is 12.1 Å². The van der Waals surface area contributed by atoms with Crippen molar-refractivity contribution < 1.29 is 22.3 Å². The van der Waals surface area contributed by atoms with Gasteiger partial charge in [0, 0.05) is 17.8 Å². The molecule has 3 nitrogen and oxygen atoms in total. The lowest BCUT2D eigenvalue weighted by Gasteiger charge is -2.09. The lowest BCUT2D eigenvalue weighted by atomic mass is 10.1. The van der Waals surface area contributed by atoms with E-state index in [4.69, 9.17) is 4.74 Å².